The fraction of sp³-hybridized carbons (Fsp3) is 0.857. The third kappa shape index (κ3) is 4.67. The number of rotatable bonds is 7. The van der Waals surface area contributed by atoms with Crippen molar-refractivity contribution < 1.29 is 14.3 Å². The van der Waals surface area contributed by atoms with Crippen LogP contribution in [0.4, 0.5) is 0 Å². The van der Waals surface area contributed by atoms with E-state index in [2.05, 4.69) is 18.6 Å². The van der Waals surface area contributed by atoms with Crippen LogP contribution in [0.5, 0.6) is 0 Å². The SMILES string of the molecule is COC(=O)CCN(CCC(C)C)C(=O)C1CCC1. The van der Waals surface area contributed by atoms with Crippen molar-refractivity contribution in [3.05, 3.63) is 0 Å². The molecule has 1 saturated carbocycles. The molecule has 0 bridgehead atoms. The predicted molar refractivity (Wildman–Crippen MR) is 70.0 cm³/mol. The maximum absolute atomic E-state index is 12.2. The molecule has 0 unspecified atom stereocenters. The Bertz CT molecular complexity index is 285. The van der Waals surface area contributed by atoms with Crippen LogP contribution < -0.4 is 0 Å². The zero-order valence-electron chi connectivity index (χ0n) is 11.8. The Kier molecular flexibility index (Phi) is 6.16. The van der Waals surface area contributed by atoms with Crippen LogP contribution in [-0.4, -0.2) is 37.0 Å². The van der Waals surface area contributed by atoms with Crippen molar-refractivity contribution in [3.63, 3.8) is 0 Å². The van der Waals surface area contributed by atoms with Crippen molar-refractivity contribution in [1.82, 2.24) is 4.90 Å². The summed E-state index contributed by atoms with van der Waals surface area (Å²) in [7, 11) is 1.38. The lowest BCUT2D eigenvalue weighted by Crippen LogP contribution is -2.41. The zero-order valence-corrected chi connectivity index (χ0v) is 11.8. The van der Waals surface area contributed by atoms with Crippen molar-refractivity contribution in [3.8, 4) is 0 Å². The van der Waals surface area contributed by atoms with Crippen molar-refractivity contribution in [2.24, 2.45) is 11.8 Å². The van der Waals surface area contributed by atoms with Gasteiger partial charge in [-0.1, -0.05) is 20.3 Å². The highest BCUT2D eigenvalue weighted by Gasteiger charge is 2.29. The van der Waals surface area contributed by atoms with E-state index >= 15 is 0 Å². The van der Waals surface area contributed by atoms with E-state index in [1.165, 1.54) is 7.11 Å². The third-order valence-corrected chi connectivity index (χ3v) is 3.56. The minimum atomic E-state index is -0.244. The van der Waals surface area contributed by atoms with Crippen LogP contribution in [0.3, 0.4) is 0 Å². The van der Waals surface area contributed by atoms with E-state index in [0.717, 1.165) is 32.2 Å². The van der Waals surface area contributed by atoms with Crippen LogP contribution >= 0.6 is 0 Å². The average molecular weight is 255 g/mol. The van der Waals surface area contributed by atoms with E-state index in [1.54, 1.807) is 0 Å². The first-order chi connectivity index (χ1) is 8.54. The van der Waals surface area contributed by atoms with Crippen LogP contribution in [0, 0.1) is 11.8 Å². The molecule has 1 aliphatic carbocycles. The van der Waals surface area contributed by atoms with E-state index in [0.29, 0.717) is 18.9 Å². The van der Waals surface area contributed by atoms with E-state index in [9.17, 15) is 9.59 Å². The third-order valence-electron chi connectivity index (χ3n) is 3.56. The Labute approximate surface area is 110 Å². The van der Waals surface area contributed by atoms with Gasteiger partial charge in [0.05, 0.1) is 13.5 Å². The lowest BCUT2D eigenvalue weighted by atomic mass is 9.84. The summed E-state index contributed by atoms with van der Waals surface area (Å²) >= 11 is 0. The molecule has 4 heteroatoms. The zero-order chi connectivity index (χ0) is 13.5. The molecule has 0 N–H and O–H groups in total. The molecule has 4 nitrogen and oxygen atoms in total. The molecule has 1 rings (SSSR count). The van der Waals surface area contributed by atoms with Crippen LogP contribution in [0.1, 0.15) is 46.0 Å². The Morgan fingerprint density at radius 1 is 1.28 bits per heavy atom. The second-order valence-corrected chi connectivity index (χ2v) is 5.46. The monoisotopic (exact) mass is 255 g/mol. The Morgan fingerprint density at radius 3 is 2.39 bits per heavy atom. The molecule has 0 heterocycles. The second kappa shape index (κ2) is 7.39. The molecule has 0 atom stereocenters. The first-order valence-corrected chi connectivity index (χ1v) is 6.90. The second-order valence-electron chi connectivity index (χ2n) is 5.46. The molecule has 0 aromatic carbocycles. The molecule has 104 valence electrons. The highest BCUT2D eigenvalue weighted by molar-refractivity contribution is 5.80. The minimum Gasteiger partial charge on any atom is -0.469 e. The van der Waals surface area contributed by atoms with Gasteiger partial charge in [-0.3, -0.25) is 9.59 Å². The molecule has 0 aliphatic heterocycles. The van der Waals surface area contributed by atoms with E-state index in [1.807, 2.05) is 4.90 Å². The van der Waals surface area contributed by atoms with Crippen LogP contribution in [-0.2, 0) is 14.3 Å². The Hall–Kier alpha value is -1.06. The summed E-state index contributed by atoms with van der Waals surface area (Å²) in [5, 5.41) is 0. The molecule has 0 aromatic heterocycles. The van der Waals surface area contributed by atoms with Gasteiger partial charge in [-0.2, -0.15) is 0 Å². The van der Waals surface area contributed by atoms with E-state index < -0.39 is 0 Å². The molecule has 0 radical (unpaired) electrons. The largest absolute Gasteiger partial charge is 0.469 e. The van der Waals surface area contributed by atoms with Gasteiger partial charge < -0.3 is 9.64 Å². The number of carbonyl (C=O) groups excluding carboxylic acids is 2. The first-order valence-electron chi connectivity index (χ1n) is 6.90. The molecular weight excluding hydrogens is 230 g/mol. The predicted octanol–water partition coefficient (Wildman–Crippen LogP) is 2.22. The highest BCUT2D eigenvalue weighted by Crippen LogP contribution is 2.28. The van der Waals surface area contributed by atoms with Gasteiger partial charge in [0, 0.05) is 19.0 Å². The lowest BCUT2D eigenvalue weighted by molar-refractivity contribution is -0.143. The number of esters is 1. The normalized spacial score (nSPS) is 15.3. The van der Waals surface area contributed by atoms with Crippen LogP contribution in [0.25, 0.3) is 0 Å². The molecule has 1 aliphatic rings. The summed E-state index contributed by atoms with van der Waals surface area (Å²) in [6.45, 7) is 5.54. The number of methoxy groups -OCH3 is 1. The van der Waals surface area contributed by atoms with Gasteiger partial charge in [-0.05, 0) is 25.2 Å². The van der Waals surface area contributed by atoms with Gasteiger partial charge >= 0.3 is 5.97 Å². The van der Waals surface area contributed by atoms with Gasteiger partial charge in [0.1, 0.15) is 0 Å². The lowest BCUT2D eigenvalue weighted by Gasteiger charge is -2.32. The van der Waals surface area contributed by atoms with E-state index in [4.69, 9.17) is 0 Å². The fourth-order valence-electron chi connectivity index (χ4n) is 1.99. The molecule has 0 saturated heterocycles. The fourth-order valence-corrected chi connectivity index (χ4v) is 1.99. The van der Waals surface area contributed by atoms with Crippen LogP contribution in [0.15, 0.2) is 0 Å². The number of nitrogens with zero attached hydrogens (tertiary/aromatic N) is 1. The topological polar surface area (TPSA) is 46.6 Å². The quantitative estimate of drug-likeness (QED) is 0.655. The number of ether oxygens (including phenoxy) is 1. The van der Waals surface area contributed by atoms with Crippen molar-refractivity contribution in [2.75, 3.05) is 20.2 Å². The molecule has 1 fully saturated rings. The summed E-state index contributed by atoms with van der Waals surface area (Å²) in [5.74, 6) is 0.756. The van der Waals surface area contributed by atoms with Crippen molar-refractivity contribution in [1.29, 1.82) is 0 Å². The van der Waals surface area contributed by atoms with E-state index in [-0.39, 0.29) is 17.8 Å². The van der Waals surface area contributed by atoms with Gasteiger partial charge in [0.25, 0.3) is 0 Å². The molecule has 0 spiro atoms. The summed E-state index contributed by atoms with van der Waals surface area (Å²) < 4.78 is 4.63. The average Bonchev–Trinajstić information content (AvgIpc) is 2.25. The summed E-state index contributed by atoms with van der Waals surface area (Å²) in [5.41, 5.74) is 0. The smallest absolute Gasteiger partial charge is 0.307 e. The molecule has 0 aromatic rings. The Balaban J connectivity index is 2.44. The van der Waals surface area contributed by atoms with Gasteiger partial charge in [0.2, 0.25) is 5.91 Å². The van der Waals surface area contributed by atoms with Crippen molar-refractivity contribution >= 4 is 11.9 Å². The highest BCUT2D eigenvalue weighted by atomic mass is 16.5. The minimum absolute atomic E-state index is 0.204. The number of carbonyl (C=O) groups is 2. The maximum atomic E-state index is 12.2. The number of amides is 1. The van der Waals surface area contributed by atoms with Gasteiger partial charge in [0.15, 0.2) is 0 Å². The Morgan fingerprint density at radius 2 is 1.94 bits per heavy atom. The maximum Gasteiger partial charge on any atom is 0.307 e. The summed E-state index contributed by atoms with van der Waals surface area (Å²) in [4.78, 5) is 25.2. The van der Waals surface area contributed by atoms with Crippen molar-refractivity contribution in [2.45, 2.75) is 46.0 Å². The molecule has 1 amide bonds. The number of hydrogen-bond acceptors (Lipinski definition) is 3. The summed E-state index contributed by atoms with van der Waals surface area (Å²) in [6.07, 6.45) is 4.46. The van der Waals surface area contributed by atoms with Crippen LogP contribution in [0.2, 0.25) is 0 Å². The first kappa shape index (κ1) is 15.0. The summed E-state index contributed by atoms with van der Waals surface area (Å²) in [6, 6.07) is 0. The van der Waals surface area contributed by atoms with Gasteiger partial charge in [-0.15, -0.1) is 0 Å². The standard InChI is InChI=1S/C14H25NO3/c1-11(2)7-9-15(10-8-13(16)18-3)14(17)12-5-4-6-12/h11-12H,4-10H2,1-3H3. The number of hydrogen-bond donors (Lipinski definition) is 0. The molecular formula is C14H25NO3. The van der Waals surface area contributed by atoms with Gasteiger partial charge in [-0.25, -0.2) is 0 Å². The molecule has 18 heavy (non-hydrogen) atoms.